The zero-order valence-corrected chi connectivity index (χ0v) is 13.7. The molecule has 0 radical (unpaired) electrons. The maximum atomic E-state index is 14.2. The molecule has 33 heavy (non-hydrogen) atoms. The van der Waals surface area contributed by atoms with Crippen LogP contribution in [0.3, 0.4) is 0 Å². The SMILES string of the molecule is FOC(F)(F)C(C(F)(F)F)(C(F)(F)C(F)(F)F)C(F)(F)C(C(F)(F)F)(C(F)(F)F)C(F)(F)F. The fraction of sp³-hybridized carbons (Fsp3) is 1.00. The van der Waals surface area contributed by atoms with Crippen LogP contribution >= 0.6 is 0 Å². The van der Waals surface area contributed by atoms with Crippen LogP contribution in [-0.4, -0.2) is 48.8 Å². The van der Waals surface area contributed by atoms with Crippen LogP contribution in [0.1, 0.15) is 0 Å². The van der Waals surface area contributed by atoms with Crippen molar-refractivity contribution in [1.29, 1.82) is 0 Å². The summed E-state index contributed by atoms with van der Waals surface area (Å²) in [5.41, 5.74) is -19.6. The molecule has 0 amide bonds. The van der Waals surface area contributed by atoms with Gasteiger partial charge in [-0.1, -0.05) is 0 Å². The van der Waals surface area contributed by atoms with Crippen LogP contribution in [0.2, 0.25) is 0 Å². The summed E-state index contributed by atoms with van der Waals surface area (Å²) in [6.45, 7) is 0. The molecule has 0 saturated carbocycles. The maximum Gasteiger partial charge on any atom is 0.454 e. The van der Waals surface area contributed by atoms with Gasteiger partial charge in [0.1, 0.15) is 0 Å². The number of rotatable bonds is 5. The highest BCUT2D eigenvalue weighted by molar-refractivity contribution is 5.23. The minimum absolute atomic E-state index is 0.515. The molecule has 0 aliphatic rings. The molecule has 0 fully saturated rings. The Morgan fingerprint density at radius 1 is 0.303 bits per heavy atom. The topological polar surface area (TPSA) is 9.23 Å². The molecule has 0 bridgehead atoms. The van der Waals surface area contributed by atoms with Crippen molar-refractivity contribution >= 4 is 0 Å². The third-order valence-electron chi connectivity index (χ3n) is 4.00. The van der Waals surface area contributed by atoms with Crippen molar-refractivity contribution in [1.82, 2.24) is 0 Å². The van der Waals surface area contributed by atoms with Gasteiger partial charge in [0.05, 0.1) is 0 Å². The Morgan fingerprint density at radius 3 is 0.697 bits per heavy atom. The molecule has 200 valence electrons. The predicted octanol–water partition coefficient (Wildman–Crippen LogP) is 7.54. The summed E-state index contributed by atoms with van der Waals surface area (Å²) < 4.78 is 285. The molecular formula is C10F22O. The van der Waals surface area contributed by atoms with Crippen LogP contribution < -0.4 is 0 Å². The molecule has 0 spiro atoms. The predicted molar refractivity (Wildman–Crippen MR) is 52.2 cm³/mol. The van der Waals surface area contributed by atoms with Crippen LogP contribution in [-0.2, 0) is 4.94 Å². The molecular weight excluding hydrogens is 554 g/mol. The summed E-state index contributed by atoms with van der Waals surface area (Å²) in [4.78, 5) is 0.515. The minimum Gasteiger partial charge on any atom is -0.203 e. The van der Waals surface area contributed by atoms with E-state index in [4.69, 9.17) is 0 Å². The van der Waals surface area contributed by atoms with E-state index >= 15 is 0 Å². The van der Waals surface area contributed by atoms with E-state index < -0.39 is 59.7 Å². The average molecular weight is 554 g/mol. The van der Waals surface area contributed by atoms with Gasteiger partial charge >= 0.3 is 54.3 Å². The Morgan fingerprint density at radius 2 is 0.545 bits per heavy atom. The molecule has 0 rings (SSSR count). The lowest BCUT2D eigenvalue weighted by Crippen LogP contribution is -2.83. The van der Waals surface area contributed by atoms with Gasteiger partial charge in [0.25, 0.3) is 5.41 Å². The Bertz CT molecular complexity index is 661. The lowest BCUT2D eigenvalue weighted by atomic mass is 9.60. The molecule has 0 aliphatic heterocycles. The minimum atomic E-state index is -10.1. The Hall–Kier alpha value is -1.58. The molecule has 1 nitrogen and oxygen atoms in total. The fourth-order valence-electron chi connectivity index (χ4n) is 2.65. The number of hydrogen-bond donors (Lipinski definition) is 0. The van der Waals surface area contributed by atoms with Gasteiger partial charge in [0, 0.05) is 0 Å². The zero-order chi connectivity index (χ0) is 27.7. The van der Waals surface area contributed by atoms with Gasteiger partial charge in [-0.15, -0.1) is 4.94 Å². The van der Waals surface area contributed by atoms with Crippen LogP contribution in [0.5, 0.6) is 0 Å². The van der Waals surface area contributed by atoms with Crippen molar-refractivity contribution in [3.63, 3.8) is 0 Å². The Kier molecular flexibility index (Phi) is 7.10. The molecule has 1 unspecified atom stereocenters. The van der Waals surface area contributed by atoms with E-state index in [-0.39, 0.29) is 0 Å². The van der Waals surface area contributed by atoms with Gasteiger partial charge in [0.15, 0.2) is 0 Å². The molecule has 0 aromatic carbocycles. The van der Waals surface area contributed by atoms with Gasteiger partial charge in [-0.3, -0.25) is 0 Å². The largest absolute Gasteiger partial charge is 0.454 e. The van der Waals surface area contributed by atoms with Gasteiger partial charge in [0.2, 0.25) is 0 Å². The first-order chi connectivity index (χ1) is 13.8. The normalized spacial score (nSPS) is 18.4. The second kappa shape index (κ2) is 7.46. The fourth-order valence-corrected chi connectivity index (χ4v) is 2.65. The maximum absolute atomic E-state index is 14.2. The molecule has 23 heteroatoms. The van der Waals surface area contributed by atoms with Crippen molar-refractivity contribution in [2.24, 2.45) is 10.8 Å². The monoisotopic (exact) mass is 554 g/mol. The van der Waals surface area contributed by atoms with Crippen molar-refractivity contribution < 1.29 is 102 Å². The Labute approximate surface area is 163 Å². The summed E-state index contributed by atoms with van der Waals surface area (Å²) >= 11 is 0. The highest BCUT2D eigenvalue weighted by atomic mass is 19.4. The van der Waals surface area contributed by atoms with Crippen LogP contribution in [0.4, 0.5) is 96.7 Å². The average Bonchev–Trinajstić information content (AvgIpc) is 2.38. The first-order valence-corrected chi connectivity index (χ1v) is 6.58. The molecule has 0 saturated heterocycles. The van der Waals surface area contributed by atoms with Crippen molar-refractivity contribution in [3.05, 3.63) is 0 Å². The summed E-state index contributed by atoms with van der Waals surface area (Å²) in [6, 6.07) is 0. The van der Waals surface area contributed by atoms with Crippen LogP contribution in [0.15, 0.2) is 0 Å². The first kappa shape index (κ1) is 31.4. The van der Waals surface area contributed by atoms with Gasteiger partial charge in [-0.25, -0.2) is 8.78 Å². The molecule has 0 aromatic heterocycles. The van der Waals surface area contributed by atoms with Crippen molar-refractivity contribution in [3.8, 4) is 0 Å². The smallest absolute Gasteiger partial charge is 0.203 e. The zero-order valence-electron chi connectivity index (χ0n) is 13.7. The third-order valence-corrected chi connectivity index (χ3v) is 4.00. The van der Waals surface area contributed by atoms with Crippen molar-refractivity contribution in [2.75, 3.05) is 0 Å². The molecule has 0 aromatic rings. The summed E-state index contributed by atoms with van der Waals surface area (Å²) in [7, 11) is 0. The Balaban J connectivity index is 8.72. The van der Waals surface area contributed by atoms with E-state index in [0.29, 0.717) is 4.94 Å². The number of halogens is 22. The summed E-state index contributed by atoms with van der Waals surface area (Å²) in [6.07, 6.45) is -54.2. The highest BCUT2D eigenvalue weighted by Gasteiger charge is 3.07. The number of alkyl halides is 21. The second-order valence-electron chi connectivity index (χ2n) is 5.73. The summed E-state index contributed by atoms with van der Waals surface area (Å²) in [5.74, 6) is -19.5. The van der Waals surface area contributed by atoms with Gasteiger partial charge in [-0.05, 0) is 4.53 Å². The molecule has 0 N–H and O–H groups in total. The summed E-state index contributed by atoms with van der Waals surface area (Å²) in [5, 5.41) is 0. The second-order valence-corrected chi connectivity index (χ2v) is 5.73. The van der Waals surface area contributed by atoms with E-state index in [2.05, 4.69) is 0 Å². The van der Waals surface area contributed by atoms with E-state index in [0.717, 1.165) is 0 Å². The van der Waals surface area contributed by atoms with E-state index in [1.807, 2.05) is 0 Å². The van der Waals surface area contributed by atoms with E-state index in [1.165, 1.54) is 0 Å². The van der Waals surface area contributed by atoms with Crippen LogP contribution in [0, 0.1) is 10.8 Å². The van der Waals surface area contributed by atoms with Gasteiger partial charge < -0.3 is 0 Å². The van der Waals surface area contributed by atoms with E-state index in [9.17, 15) is 96.7 Å². The lowest BCUT2D eigenvalue weighted by molar-refractivity contribution is -0.577. The van der Waals surface area contributed by atoms with Crippen LogP contribution in [0.25, 0.3) is 0 Å². The lowest BCUT2D eigenvalue weighted by Gasteiger charge is -2.54. The number of hydrogen-bond acceptors (Lipinski definition) is 1. The van der Waals surface area contributed by atoms with E-state index in [1.54, 1.807) is 0 Å². The third kappa shape index (κ3) is 3.62. The molecule has 0 aliphatic carbocycles. The van der Waals surface area contributed by atoms with Gasteiger partial charge in [-0.2, -0.15) is 83.4 Å². The quantitative estimate of drug-likeness (QED) is 0.320. The molecule has 1 atom stereocenters. The molecule has 0 heterocycles. The highest BCUT2D eigenvalue weighted by Crippen LogP contribution is 2.78. The standard InChI is InChI=1S/C10F22O/c11-3(12,2(6(18,19)20,7(21,22)23)8(24,25)26)1(5(15,16)17,10(30,31)33-32)4(13,14)9(27,28)29. The van der Waals surface area contributed by atoms with Crippen molar-refractivity contribution in [2.45, 2.75) is 48.8 Å². The first-order valence-electron chi connectivity index (χ1n) is 6.58.